The SMILES string of the molecule is CN1OC(C)(CC(=O)N2CCCC2)N=C1c1ccc(N(C)C)cc1. The second kappa shape index (κ2) is 6.43. The van der Waals surface area contributed by atoms with E-state index in [1.54, 1.807) is 5.06 Å². The summed E-state index contributed by atoms with van der Waals surface area (Å²) in [5, 5.41) is 1.67. The number of anilines is 1. The number of hydroxylamine groups is 2. The Morgan fingerprint density at radius 1 is 1.25 bits per heavy atom. The van der Waals surface area contributed by atoms with Crippen LogP contribution in [0.25, 0.3) is 0 Å². The molecular weight excluding hydrogens is 304 g/mol. The number of carbonyl (C=O) groups excluding carboxylic acids is 1. The molecule has 0 saturated carbocycles. The van der Waals surface area contributed by atoms with E-state index in [-0.39, 0.29) is 12.3 Å². The highest BCUT2D eigenvalue weighted by atomic mass is 16.7. The van der Waals surface area contributed by atoms with Crippen molar-refractivity contribution in [3.63, 3.8) is 0 Å². The van der Waals surface area contributed by atoms with Crippen LogP contribution < -0.4 is 4.90 Å². The van der Waals surface area contributed by atoms with Gasteiger partial charge in [0.1, 0.15) is 0 Å². The lowest BCUT2D eigenvalue weighted by atomic mass is 10.1. The molecule has 1 aromatic carbocycles. The van der Waals surface area contributed by atoms with Crippen LogP contribution in [0.15, 0.2) is 29.3 Å². The van der Waals surface area contributed by atoms with E-state index in [2.05, 4.69) is 17.0 Å². The number of hydrogen-bond acceptors (Lipinski definition) is 5. The fourth-order valence-electron chi connectivity index (χ4n) is 3.24. The van der Waals surface area contributed by atoms with Gasteiger partial charge in [-0.3, -0.25) is 4.79 Å². The van der Waals surface area contributed by atoms with Gasteiger partial charge in [0.2, 0.25) is 5.91 Å². The number of amidine groups is 1. The van der Waals surface area contributed by atoms with Crippen molar-refractivity contribution in [1.29, 1.82) is 0 Å². The molecule has 1 aromatic rings. The molecule has 2 aliphatic heterocycles. The minimum atomic E-state index is -0.829. The molecule has 1 atom stereocenters. The number of likely N-dealkylation sites (tertiary alicyclic amines) is 1. The second-order valence-corrected chi connectivity index (χ2v) is 6.91. The molecule has 6 heteroatoms. The molecule has 1 saturated heterocycles. The second-order valence-electron chi connectivity index (χ2n) is 6.91. The maximum atomic E-state index is 12.4. The lowest BCUT2D eigenvalue weighted by molar-refractivity contribution is -0.170. The molecule has 2 aliphatic rings. The van der Waals surface area contributed by atoms with Crippen molar-refractivity contribution in [1.82, 2.24) is 9.96 Å². The first kappa shape index (κ1) is 16.8. The molecule has 2 heterocycles. The van der Waals surface area contributed by atoms with Gasteiger partial charge < -0.3 is 9.80 Å². The maximum Gasteiger partial charge on any atom is 0.227 e. The lowest BCUT2D eigenvalue weighted by Gasteiger charge is -2.24. The summed E-state index contributed by atoms with van der Waals surface area (Å²) in [6, 6.07) is 8.16. The third kappa shape index (κ3) is 3.38. The summed E-state index contributed by atoms with van der Waals surface area (Å²) in [5.74, 6) is 0.883. The number of amides is 1. The van der Waals surface area contributed by atoms with E-state index in [0.717, 1.165) is 43.0 Å². The van der Waals surface area contributed by atoms with Crippen molar-refractivity contribution < 1.29 is 9.63 Å². The van der Waals surface area contributed by atoms with Crippen LogP contribution in [-0.4, -0.2) is 61.7 Å². The van der Waals surface area contributed by atoms with Crippen LogP contribution in [0.4, 0.5) is 5.69 Å². The predicted molar refractivity (Wildman–Crippen MR) is 95.0 cm³/mol. The summed E-state index contributed by atoms with van der Waals surface area (Å²) in [6.45, 7) is 3.58. The minimum absolute atomic E-state index is 0.122. The predicted octanol–water partition coefficient (Wildman–Crippen LogP) is 2.10. The monoisotopic (exact) mass is 330 g/mol. The highest BCUT2D eigenvalue weighted by Gasteiger charge is 2.39. The molecule has 1 unspecified atom stereocenters. The fraction of sp³-hybridized carbons (Fsp3) is 0.556. The van der Waals surface area contributed by atoms with Gasteiger partial charge in [0, 0.05) is 45.5 Å². The van der Waals surface area contributed by atoms with Crippen LogP contribution >= 0.6 is 0 Å². The van der Waals surface area contributed by atoms with Crippen molar-refractivity contribution in [2.24, 2.45) is 4.99 Å². The summed E-state index contributed by atoms with van der Waals surface area (Å²) < 4.78 is 0. The van der Waals surface area contributed by atoms with Crippen molar-refractivity contribution in [3.05, 3.63) is 29.8 Å². The van der Waals surface area contributed by atoms with E-state index in [1.807, 2.05) is 45.1 Å². The Labute approximate surface area is 143 Å². The van der Waals surface area contributed by atoms with Crippen LogP contribution in [-0.2, 0) is 9.63 Å². The van der Waals surface area contributed by atoms with Gasteiger partial charge in [-0.15, -0.1) is 0 Å². The van der Waals surface area contributed by atoms with Crippen molar-refractivity contribution in [2.75, 3.05) is 39.1 Å². The van der Waals surface area contributed by atoms with Crippen molar-refractivity contribution >= 4 is 17.4 Å². The zero-order valence-electron chi connectivity index (χ0n) is 15.0. The standard InChI is InChI=1S/C18H26N4O2/c1-18(13-16(23)22-11-5-6-12-22)19-17(21(4)24-18)14-7-9-15(10-8-14)20(2)3/h7-10H,5-6,11-13H2,1-4H3. The van der Waals surface area contributed by atoms with Gasteiger partial charge in [-0.2, -0.15) is 0 Å². The van der Waals surface area contributed by atoms with E-state index in [1.165, 1.54) is 0 Å². The zero-order chi connectivity index (χ0) is 17.3. The normalized spacial score (nSPS) is 23.6. The van der Waals surface area contributed by atoms with Crippen molar-refractivity contribution in [3.8, 4) is 0 Å². The average Bonchev–Trinajstić information content (AvgIpc) is 3.15. The number of rotatable bonds is 4. The minimum Gasteiger partial charge on any atom is -0.378 e. The molecule has 0 radical (unpaired) electrons. The van der Waals surface area contributed by atoms with Gasteiger partial charge in [-0.25, -0.2) is 14.9 Å². The number of carbonyl (C=O) groups is 1. The molecule has 1 fully saturated rings. The Morgan fingerprint density at radius 3 is 2.46 bits per heavy atom. The Hall–Kier alpha value is -2.08. The smallest absolute Gasteiger partial charge is 0.227 e. The topological polar surface area (TPSA) is 48.4 Å². The molecule has 24 heavy (non-hydrogen) atoms. The summed E-state index contributed by atoms with van der Waals surface area (Å²) >= 11 is 0. The van der Waals surface area contributed by atoms with Gasteiger partial charge in [-0.1, -0.05) is 0 Å². The van der Waals surface area contributed by atoms with Crippen molar-refractivity contribution in [2.45, 2.75) is 31.9 Å². The first-order valence-electron chi connectivity index (χ1n) is 8.46. The number of hydrogen-bond donors (Lipinski definition) is 0. The Morgan fingerprint density at radius 2 is 1.88 bits per heavy atom. The first-order valence-corrected chi connectivity index (χ1v) is 8.46. The first-order chi connectivity index (χ1) is 11.4. The van der Waals surface area contributed by atoms with E-state index < -0.39 is 5.72 Å². The highest BCUT2D eigenvalue weighted by molar-refractivity contribution is 5.99. The third-order valence-corrected chi connectivity index (χ3v) is 4.55. The summed E-state index contributed by atoms with van der Waals surface area (Å²) in [4.78, 5) is 27.0. The third-order valence-electron chi connectivity index (χ3n) is 4.55. The van der Waals surface area contributed by atoms with Crippen LogP contribution in [0.2, 0.25) is 0 Å². The average molecular weight is 330 g/mol. The highest BCUT2D eigenvalue weighted by Crippen LogP contribution is 2.29. The lowest BCUT2D eigenvalue weighted by Crippen LogP contribution is -2.37. The van der Waals surface area contributed by atoms with E-state index in [0.29, 0.717) is 0 Å². The van der Waals surface area contributed by atoms with Crippen LogP contribution in [0.5, 0.6) is 0 Å². The molecule has 0 bridgehead atoms. The van der Waals surface area contributed by atoms with Crippen LogP contribution in [0, 0.1) is 0 Å². The summed E-state index contributed by atoms with van der Waals surface area (Å²) in [6.07, 6.45) is 2.46. The molecule has 0 N–H and O–H groups in total. The van der Waals surface area contributed by atoms with Gasteiger partial charge in [0.15, 0.2) is 11.6 Å². The number of benzene rings is 1. The van der Waals surface area contributed by atoms with Gasteiger partial charge in [0.25, 0.3) is 0 Å². The fourth-order valence-corrected chi connectivity index (χ4v) is 3.24. The van der Waals surface area contributed by atoms with Gasteiger partial charge in [-0.05, 0) is 44.0 Å². The molecule has 1 amide bonds. The molecule has 3 rings (SSSR count). The quantitative estimate of drug-likeness (QED) is 0.848. The van der Waals surface area contributed by atoms with E-state index in [4.69, 9.17) is 9.83 Å². The number of nitrogens with zero attached hydrogens (tertiary/aromatic N) is 4. The molecule has 0 spiro atoms. The molecule has 130 valence electrons. The molecular formula is C18H26N4O2. The van der Waals surface area contributed by atoms with Crippen LogP contribution in [0.1, 0.15) is 31.7 Å². The Kier molecular flexibility index (Phi) is 4.49. The van der Waals surface area contributed by atoms with E-state index >= 15 is 0 Å². The Bertz CT molecular complexity index is 635. The van der Waals surface area contributed by atoms with Gasteiger partial charge >= 0.3 is 0 Å². The van der Waals surface area contributed by atoms with Gasteiger partial charge in [0.05, 0.1) is 6.42 Å². The van der Waals surface area contributed by atoms with E-state index in [9.17, 15) is 4.79 Å². The van der Waals surface area contributed by atoms with Crippen LogP contribution in [0.3, 0.4) is 0 Å². The largest absolute Gasteiger partial charge is 0.378 e. The Balaban J connectivity index is 1.76. The molecule has 0 aromatic heterocycles. The summed E-state index contributed by atoms with van der Waals surface area (Å²) in [5.41, 5.74) is 1.29. The zero-order valence-corrected chi connectivity index (χ0v) is 15.0. The number of aliphatic imine (C=N–C) groups is 1. The molecule has 0 aliphatic carbocycles. The maximum absolute atomic E-state index is 12.4. The molecule has 6 nitrogen and oxygen atoms in total. The summed E-state index contributed by atoms with van der Waals surface area (Å²) in [7, 11) is 5.86.